The zero-order valence-corrected chi connectivity index (χ0v) is 16.9. The highest BCUT2D eigenvalue weighted by atomic mass is 32.2. The molecule has 3 rings (SSSR count). The second-order valence-corrected chi connectivity index (χ2v) is 8.14. The molecule has 0 saturated heterocycles. The number of aromatic nitrogens is 2. The van der Waals surface area contributed by atoms with E-state index in [0.717, 1.165) is 16.7 Å². The average molecular weight is 412 g/mol. The summed E-state index contributed by atoms with van der Waals surface area (Å²) in [5, 5.41) is 2.44. The van der Waals surface area contributed by atoms with E-state index in [2.05, 4.69) is 20.0 Å². The van der Waals surface area contributed by atoms with E-state index in [-0.39, 0.29) is 16.4 Å². The smallest absolute Gasteiger partial charge is 0.264 e. The molecule has 9 heteroatoms. The van der Waals surface area contributed by atoms with Crippen LogP contribution in [-0.4, -0.2) is 31.3 Å². The lowest BCUT2D eigenvalue weighted by Gasteiger charge is -2.12. The van der Waals surface area contributed by atoms with E-state index in [1.165, 1.54) is 37.4 Å². The van der Waals surface area contributed by atoms with Crippen LogP contribution in [-0.2, 0) is 10.0 Å². The van der Waals surface area contributed by atoms with Crippen molar-refractivity contribution in [2.24, 2.45) is 0 Å². The molecular formula is C20H20N4O4S. The maximum absolute atomic E-state index is 12.8. The third kappa shape index (κ3) is 4.35. The second-order valence-electron chi connectivity index (χ2n) is 6.46. The number of sulfonamides is 1. The molecule has 29 heavy (non-hydrogen) atoms. The van der Waals surface area contributed by atoms with Gasteiger partial charge in [0.1, 0.15) is 0 Å². The van der Waals surface area contributed by atoms with Gasteiger partial charge in [0.05, 0.1) is 10.6 Å². The molecule has 0 aliphatic carbocycles. The molecule has 0 fully saturated rings. The number of hydrogen-bond donors (Lipinski definition) is 3. The molecule has 0 aliphatic heterocycles. The minimum absolute atomic E-state index is 0.126. The normalized spacial score (nSPS) is 11.1. The van der Waals surface area contributed by atoms with Gasteiger partial charge in [0, 0.05) is 24.2 Å². The summed E-state index contributed by atoms with van der Waals surface area (Å²) in [6.45, 7) is 3.78. The Kier molecular flexibility index (Phi) is 5.51. The van der Waals surface area contributed by atoms with Gasteiger partial charge >= 0.3 is 0 Å². The summed E-state index contributed by atoms with van der Waals surface area (Å²) in [7, 11) is -2.62. The van der Waals surface area contributed by atoms with Crippen molar-refractivity contribution in [3.05, 3.63) is 75.6 Å². The lowest BCUT2D eigenvalue weighted by Crippen LogP contribution is -2.21. The van der Waals surface area contributed by atoms with Crippen molar-refractivity contribution >= 4 is 21.9 Å². The number of rotatable bonds is 5. The summed E-state index contributed by atoms with van der Waals surface area (Å²) in [5.74, 6) is -0.619. The van der Waals surface area contributed by atoms with Crippen LogP contribution in [0.4, 0.5) is 5.95 Å². The van der Waals surface area contributed by atoms with Crippen LogP contribution in [0.1, 0.15) is 21.5 Å². The number of nitrogens with zero attached hydrogens (tertiary/aromatic N) is 1. The van der Waals surface area contributed by atoms with Gasteiger partial charge in [0.2, 0.25) is 5.95 Å². The highest BCUT2D eigenvalue weighted by Crippen LogP contribution is 2.25. The molecular weight excluding hydrogens is 392 g/mol. The van der Waals surface area contributed by atoms with E-state index in [1.807, 2.05) is 32.0 Å². The number of amides is 1. The van der Waals surface area contributed by atoms with Crippen LogP contribution >= 0.6 is 0 Å². The number of aryl methyl sites for hydroxylation is 2. The fourth-order valence-corrected chi connectivity index (χ4v) is 4.00. The van der Waals surface area contributed by atoms with E-state index < -0.39 is 21.5 Å². The van der Waals surface area contributed by atoms with Crippen LogP contribution in [0.2, 0.25) is 0 Å². The van der Waals surface area contributed by atoms with Gasteiger partial charge in [-0.3, -0.25) is 14.6 Å². The molecule has 0 atom stereocenters. The van der Waals surface area contributed by atoms with Gasteiger partial charge in [-0.05, 0) is 43.2 Å². The first-order chi connectivity index (χ1) is 13.7. The molecule has 1 heterocycles. The summed E-state index contributed by atoms with van der Waals surface area (Å²) in [5.41, 5.74) is 2.66. The SMILES string of the molecule is CNC(=O)c1cccc(S(=O)(=O)Nc2nc(-c3c(C)cccc3C)cc(=O)[nH]2)c1. The van der Waals surface area contributed by atoms with Crippen LogP contribution in [0.5, 0.6) is 0 Å². The standard InChI is InChI=1S/C20H20N4O4S/c1-12-6-4-7-13(2)18(12)16-11-17(25)23-20(22-16)24-29(27,28)15-9-5-8-14(10-15)19(26)21-3/h4-11H,1-3H3,(H,21,26)(H2,22,23,24,25). The van der Waals surface area contributed by atoms with Crippen molar-refractivity contribution < 1.29 is 13.2 Å². The Bertz CT molecular complexity index is 1230. The number of benzene rings is 2. The Hall–Kier alpha value is -3.46. The van der Waals surface area contributed by atoms with Crippen molar-refractivity contribution in [3.63, 3.8) is 0 Å². The van der Waals surface area contributed by atoms with Crippen LogP contribution in [0.25, 0.3) is 11.3 Å². The molecule has 1 amide bonds. The summed E-state index contributed by atoms with van der Waals surface area (Å²) < 4.78 is 27.8. The van der Waals surface area contributed by atoms with Crippen LogP contribution < -0.4 is 15.6 Å². The van der Waals surface area contributed by atoms with Crippen LogP contribution in [0.15, 0.2) is 58.2 Å². The van der Waals surface area contributed by atoms with Gasteiger partial charge in [0.15, 0.2) is 0 Å². The average Bonchev–Trinajstić information content (AvgIpc) is 2.66. The number of anilines is 1. The minimum Gasteiger partial charge on any atom is -0.355 e. The fraction of sp³-hybridized carbons (Fsp3) is 0.150. The van der Waals surface area contributed by atoms with Crippen LogP contribution in [0, 0.1) is 13.8 Å². The first kappa shape index (κ1) is 20.3. The zero-order chi connectivity index (χ0) is 21.2. The largest absolute Gasteiger partial charge is 0.355 e. The molecule has 3 aromatic rings. The molecule has 2 aromatic carbocycles. The number of carbonyl (C=O) groups excluding carboxylic acids is 1. The molecule has 0 spiro atoms. The Labute approximate surface area is 168 Å². The Morgan fingerprint density at radius 2 is 1.69 bits per heavy atom. The summed E-state index contributed by atoms with van der Waals surface area (Å²) >= 11 is 0. The first-order valence-corrected chi connectivity index (χ1v) is 10.2. The van der Waals surface area contributed by atoms with Gasteiger partial charge in [-0.15, -0.1) is 0 Å². The molecule has 8 nitrogen and oxygen atoms in total. The maximum atomic E-state index is 12.8. The maximum Gasteiger partial charge on any atom is 0.264 e. The first-order valence-electron chi connectivity index (χ1n) is 8.74. The molecule has 0 unspecified atom stereocenters. The van der Waals surface area contributed by atoms with Gasteiger partial charge in [0.25, 0.3) is 21.5 Å². The number of nitrogens with one attached hydrogen (secondary N) is 3. The summed E-state index contributed by atoms with van der Waals surface area (Å²) in [6, 6.07) is 12.5. The fourth-order valence-electron chi connectivity index (χ4n) is 2.99. The molecule has 0 aliphatic rings. The van der Waals surface area contributed by atoms with Crippen molar-refractivity contribution in [2.45, 2.75) is 18.7 Å². The number of carbonyl (C=O) groups is 1. The summed E-state index contributed by atoms with van der Waals surface area (Å²) in [6.07, 6.45) is 0. The monoisotopic (exact) mass is 412 g/mol. The van der Waals surface area contributed by atoms with Crippen molar-refractivity contribution in [1.29, 1.82) is 0 Å². The summed E-state index contributed by atoms with van der Waals surface area (Å²) in [4.78, 5) is 30.5. The quantitative estimate of drug-likeness (QED) is 0.593. The topological polar surface area (TPSA) is 121 Å². The van der Waals surface area contributed by atoms with E-state index in [1.54, 1.807) is 0 Å². The highest BCUT2D eigenvalue weighted by Gasteiger charge is 2.18. The van der Waals surface area contributed by atoms with E-state index in [9.17, 15) is 18.0 Å². The van der Waals surface area contributed by atoms with Crippen LogP contribution in [0.3, 0.4) is 0 Å². The zero-order valence-electron chi connectivity index (χ0n) is 16.1. The Morgan fingerprint density at radius 3 is 2.34 bits per heavy atom. The molecule has 150 valence electrons. The minimum atomic E-state index is -4.08. The van der Waals surface area contributed by atoms with Crippen molar-refractivity contribution in [3.8, 4) is 11.3 Å². The molecule has 3 N–H and O–H groups in total. The van der Waals surface area contributed by atoms with Gasteiger partial charge in [-0.25, -0.2) is 18.1 Å². The van der Waals surface area contributed by atoms with E-state index in [0.29, 0.717) is 5.69 Å². The highest BCUT2D eigenvalue weighted by molar-refractivity contribution is 7.92. The third-order valence-corrected chi connectivity index (χ3v) is 5.68. The number of aromatic amines is 1. The third-order valence-electron chi connectivity index (χ3n) is 4.34. The second kappa shape index (κ2) is 7.88. The molecule has 1 aromatic heterocycles. The Morgan fingerprint density at radius 1 is 1.03 bits per heavy atom. The predicted molar refractivity (Wildman–Crippen MR) is 110 cm³/mol. The Balaban J connectivity index is 2.02. The predicted octanol–water partition coefficient (Wildman–Crippen LogP) is 2.21. The number of hydrogen-bond acceptors (Lipinski definition) is 5. The molecule has 0 bridgehead atoms. The molecule has 0 saturated carbocycles. The van der Waals surface area contributed by atoms with Crippen molar-refractivity contribution in [1.82, 2.24) is 15.3 Å². The molecule has 0 radical (unpaired) electrons. The van der Waals surface area contributed by atoms with E-state index >= 15 is 0 Å². The van der Waals surface area contributed by atoms with Gasteiger partial charge in [-0.1, -0.05) is 24.3 Å². The van der Waals surface area contributed by atoms with Crippen molar-refractivity contribution in [2.75, 3.05) is 11.8 Å². The lowest BCUT2D eigenvalue weighted by atomic mass is 10.00. The lowest BCUT2D eigenvalue weighted by molar-refractivity contribution is 0.0963. The van der Waals surface area contributed by atoms with Gasteiger partial charge < -0.3 is 5.32 Å². The van der Waals surface area contributed by atoms with Gasteiger partial charge in [-0.2, -0.15) is 0 Å². The van der Waals surface area contributed by atoms with E-state index in [4.69, 9.17) is 0 Å². The number of H-pyrrole nitrogens is 1.